The highest BCUT2D eigenvalue weighted by Crippen LogP contribution is 2.16. The molecule has 0 N–H and O–H groups in total. The largest absolute Gasteiger partial charge is 0.334 e. The molecule has 7 heteroatoms. The number of carbonyl (C=O) groups excluding carboxylic acids is 1. The van der Waals surface area contributed by atoms with Gasteiger partial charge in [-0.05, 0) is 44.2 Å². The highest BCUT2D eigenvalue weighted by Gasteiger charge is 2.16. The summed E-state index contributed by atoms with van der Waals surface area (Å²) in [7, 11) is 1.75. The van der Waals surface area contributed by atoms with Crippen LogP contribution in [0.4, 0.5) is 0 Å². The predicted molar refractivity (Wildman–Crippen MR) is 97.8 cm³/mol. The maximum atomic E-state index is 12.8. The van der Waals surface area contributed by atoms with E-state index >= 15 is 0 Å². The molecule has 130 valence electrons. The second-order valence-electron chi connectivity index (χ2n) is 6.30. The van der Waals surface area contributed by atoms with Crippen LogP contribution in [-0.2, 0) is 6.54 Å². The van der Waals surface area contributed by atoms with E-state index in [9.17, 15) is 4.79 Å². The Morgan fingerprint density at radius 3 is 2.62 bits per heavy atom. The first kappa shape index (κ1) is 16.1. The number of carbonyl (C=O) groups is 1. The van der Waals surface area contributed by atoms with Crippen LogP contribution in [0, 0.1) is 13.8 Å². The van der Waals surface area contributed by atoms with Crippen molar-refractivity contribution in [3.05, 3.63) is 65.4 Å². The molecule has 0 atom stereocenters. The van der Waals surface area contributed by atoms with Crippen molar-refractivity contribution in [2.75, 3.05) is 7.05 Å². The zero-order chi connectivity index (χ0) is 18.3. The van der Waals surface area contributed by atoms with Gasteiger partial charge in [-0.3, -0.25) is 9.20 Å². The fraction of sp³-hybridized carbons (Fsp3) is 0.211. The summed E-state index contributed by atoms with van der Waals surface area (Å²) in [6.45, 7) is 4.21. The van der Waals surface area contributed by atoms with Gasteiger partial charge < -0.3 is 4.90 Å². The van der Waals surface area contributed by atoms with Crippen molar-refractivity contribution >= 4 is 22.6 Å². The van der Waals surface area contributed by atoms with Gasteiger partial charge in [-0.25, -0.2) is 9.97 Å². The Hall–Kier alpha value is -3.35. The molecule has 4 aromatic rings. The number of hydrogen-bond acceptors (Lipinski definition) is 5. The van der Waals surface area contributed by atoms with Gasteiger partial charge in [0.05, 0.1) is 29.0 Å². The summed E-state index contributed by atoms with van der Waals surface area (Å²) in [5, 5.41) is 8.30. The zero-order valence-corrected chi connectivity index (χ0v) is 14.8. The summed E-state index contributed by atoms with van der Waals surface area (Å²) in [4.78, 5) is 23.5. The number of aromatic nitrogens is 5. The van der Waals surface area contributed by atoms with E-state index in [0.717, 1.165) is 28.1 Å². The van der Waals surface area contributed by atoms with Crippen LogP contribution in [0.3, 0.4) is 0 Å². The Bertz CT molecular complexity index is 1130. The van der Waals surface area contributed by atoms with Crippen molar-refractivity contribution in [1.29, 1.82) is 0 Å². The van der Waals surface area contributed by atoms with Crippen LogP contribution in [0.2, 0.25) is 0 Å². The molecule has 3 aromatic heterocycles. The molecular formula is C19H18N6O. The van der Waals surface area contributed by atoms with Crippen molar-refractivity contribution in [2.45, 2.75) is 20.4 Å². The molecule has 0 fully saturated rings. The standard InChI is InChI=1S/C19H18N6O/c1-12-13(2)21-16-10-14(7-8-15(16)20-12)19(26)24(3)11-18-23-22-17-6-4-5-9-25(17)18/h4-10H,11H2,1-3H3. The maximum Gasteiger partial charge on any atom is 0.254 e. The second kappa shape index (κ2) is 6.18. The molecule has 0 unspecified atom stereocenters. The van der Waals surface area contributed by atoms with E-state index in [1.165, 1.54) is 0 Å². The van der Waals surface area contributed by atoms with E-state index in [4.69, 9.17) is 0 Å². The summed E-state index contributed by atoms with van der Waals surface area (Å²) in [5.41, 5.74) is 4.61. The smallest absolute Gasteiger partial charge is 0.254 e. The Labute approximate surface area is 150 Å². The molecule has 1 aromatic carbocycles. The van der Waals surface area contributed by atoms with E-state index in [1.54, 1.807) is 24.1 Å². The van der Waals surface area contributed by atoms with Gasteiger partial charge in [-0.1, -0.05) is 6.07 Å². The Balaban J connectivity index is 1.62. The van der Waals surface area contributed by atoms with Gasteiger partial charge in [0.15, 0.2) is 11.5 Å². The highest BCUT2D eigenvalue weighted by atomic mass is 16.2. The lowest BCUT2D eigenvalue weighted by atomic mass is 10.1. The number of fused-ring (bicyclic) bond motifs is 2. The number of aryl methyl sites for hydroxylation is 2. The van der Waals surface area contributed by atoms with Crippen molar-refractivity contribution < 1.29 is 4.79 Å². The third-order valence-corrected chi connectivity index (χ3v) is 4.43. The molecule has 0 aliphatic rings. The molecule has 0 aliphatic heterocycles. The van der Waals surface area contributed by atoms with E-state index in [-0.39, 0.29) is 5.91 Å². The summed E-state index contributed by atoms with van der Waals surface area (Å²) in [6, 6.07) is 11.1. The monoisotopic (exact) mass is 346 g/mol. The van der Waals surface area contributed by atoms with Crippen molar-refractivity contribution in [3.63, 3.8) is 0 Å². The van der Waals surface area contributed by atoms with Gasteiger partial charge in [-0.15, -0.1) is 10.2 Å². The lowest BCUT2D eigenvalue weighted by Gasteiger charge is -2.16. The van der Waals surface area contributed by atoms with Crippen molar-refractivity contribution in [2.24, 2.45) is 0 Å². The molecular weight excluding hydrogens is 328 g/mol. The molecule has 0 radical (unpaired) electrons. The minimum Gasteiger partial charge on any atom is -0.334 e. The van der Waals surface area contributed by atoms with E-state index in [0.29, 0.717) is 17.9 Å². The average Bonchev–Trinajstić information content (AvgIpc) is 3.05. The van der Waals surface area contributed by atoms with Gasteiger partial charge in [0.1, 0.15) is 0 Å². The van der Waals surface area contributed by atoms with Crippen LogP contribution in [-0.4, -0.2) is 42.4 Å². The molecule has 3 heterocycles. The molecule has 26 heavy (non-hydrogen) atoms. The van der Waals surface area contributed by atoms with Crippen LogP contribution in [0.15, 0.2) is 42.6 Å². The van der Waals surface area contributed by atoms with Gasteiger partial charge in [0.25, 0.3) is 5.91 Å². The van der Waals surface area contributed by atoms with E-state index in [2.05, 4.69) is 20.2 Å². The van der Waals surface area contributed by atoms with Gasteiger partial charge in [0.2, 0.25) is 0 Å². The van der Waals surface area contributed by atoms with Crippen LogP contribution in [0.5, 0.6) is 0 Å². The summed E-state index contributed by atoms with van der Waals surface area (Å²) < 4.78 is 1.88. The molecule has 0 saturated heterocycles. The molecule has 0 bridgehead atoms. The van der Waals surface area contributed by atoms with Crippen molar-refractivity contribution in [3.8, 4) is 0 Å². The van der Waals surface area contributed by atoms with E-state index in [1.807, 2.05) is 48.7 Å². The minimum atomic E-state index is -0.0976. The lowest BCUT2D eigenvalue weighted by Crippen LogP contribution is -2.27. The topological polar surface area (TPSA) is 76.3 Å². The van der Waals surface area contributed by atoms with Crippen LogP contribution in [0.1, 0.15) is 27.6 Å². The SMILES string of the molecule is Cc1nc2ccc(C(=O)N(C)Cc3nnc4ccccn34)cc2nc1C. The van der Waals surface area contributed by atoms with Crippen LogP contribution >= 0.6 is 0 Å². The number of hydrogen-bond donors (Lipinski definition) is 0. The zero-order valence-electron chi connectivity index (χ0n) is 14.8. The van der Waals surface area contributed by atoms with Crippen molar-refractivity contribution in [1.82, 2.24) is 29.5 Å². The first-order valence-electron chi connectivity index (χ1n) is 8.32. The molecule has 0 aliphatic carbocycles. The van der Waals surface area contributed by atoms with E-state index < -0.39 is 0 Å². The number of pyridine rings is 1. The first-order valence-corrected chi connectivity index (χ1v) is 8.32. The number of nitrogens with zero attached hydrogens (tertiary/aromatic N) is 6. The van der Waals surface area contributed by atoms with Crippen LogP contribution in [0.25, 0.3) is 16.7 Å². The lowest BCUT2D eigenvalue weighted by molar-refractivity contribution is 0.0781. The Kier molecular flexibility index (Phi) is 3.84. The van der Waals surface area contributed by atoms with Gasteiger partial charge >= 0.3 is 0 Å². The number of amides is 1. The summed E-state index contributed by atoms with van der Waals surface area (Å²) in [5.74, 6) is 0.614. The molecule has 7 nitrogen and oxygen atoms in total. The predicted octanol–water partition coefficient (Wildman–Crippen LogP) is 2.56. The number of benzene rings is 1. The second-order valence-corrected chi connectivity index (χ2v) is 6.30. The Morgan fingerprint density at radius 2 is 1.81 bits per heavy atom. The third-order valence-electron chi connectivity index (χ3n) is 4.43. The number of rotatable bonds is 3. The normalized spacial score (nSPS) is 11.2. The molecule has 0 saturated carbocycles. The minimum absolute atomic E-state index is 0.0976. The fourth-order valence-corrected chi connectivity index (χ4v) is 2.87. The average molecular weight is 346 g/mol. The first-order chi connectivity index (χ1) is 12.5. The van der Waals surface area contributed by atoms with Gasteiger partial charge in [0, 0.05) is 18.8 Å². The molecule has 0 spiro atoms. The third kappa shape index (κ3) is 2.77. The quantitative estimate of drug-likeness (QED) is 0.570. The highest BCUT2D eigenvalue weighted by molar-refractivity contribution is 5.97. The molecule has 1 amide bonds. The molecule has 4 rings (SSSR count). The van der Waals surface area contributed by atoms with Crippen LogP contribution < -0.4 is 0 Å². The summed E-state index contributed by atoms with van der Waals surface area (Å²) in [6.07, 6.45) is 1.89. The maximum absolute atomic E-state index is 12.8. The van der Waals surface area contributed by atoms with Gasteiger partial charge in [-0.2, -0.15) is 0 Å². The Morgan fingerprint density at radius 1 is 1.04 bits per heavy atom. The summed E-state index contributed by atoms with van der Waals surface area (Å²) >= 11 is 0. The fourth-order valence-electron chi connectivity index (χ4n) is 2.87.